The lowest BCUT2D eigenvalue weighted by Gasteiger charge is -2.32. The highest BCUT2D eigenvalue weighted by molar-refractivity contribution is 6.04. The maximum atomic E-state index is 17.0. The van der Waals surface area contributed by atoms with Crippen molar-refractivity contribution in [2.75, 3.05) is 37.7 Å². The molecule has 0 radical (unpaired) electrons. The van der Waals surface area contributed by atoms with Crippen LogP contribution in [-0.2, 0) is 0 Å². The number of pyridine rings is 2. The number of hydrogen-bond donors (Lipinski definition) is 2. The van der Waals surface area contributed by atoms with E-state index in [0.29, 0.717) is 55.2 Å². The molecular formula is C35H33F3N4O4. The smallest absolute Gasteiger partial charge is 0.225 e. The molecule has 8 rings (SSSR count). The van der Waals surface area contributed by atoms with E-state index < -0.39 is 29.4 Å². The Bertz CT molecular complexity index is 1930. The van der Waals surface area contributed by atoms with Gasteiger partial charge in [-0.1, -0.05) is 12.0 Å². The summed E-state index contributed by atoms with van der Waals surface area (Å²) in [7, 11) is 0. The van der Waals surface area contributed by atoms with Crippen LogP contribution in [-0.4, -0.2) is 81.8 Å². The van der Waals surface area contributed by atoms with Gasteiger partial charge in [0.25, 0.3) is 0 Å². The van der Waals surface area contributed by atoms with Crippen molar-refractivity contribution in [1.82, 2.24) is 14.9 Å². The van der Waals surface area contributed by atoms with Gasteiger partial charge in [-0.15, -0.1) is 6.42 Å². The lowest BCUT2D eigenvalue weighted by Crippen LogP contribution is -2.43. The lowest BCUT2D eigenvalue weighted by atomic mass is 9.95. The Morgan fingerprint density at radius 2 is 1.98 bits per heavy atom. The topological polar surface area (TPSA) is 91.2 Å². The molecule has 11 heteroatoms. The molecule has 8 nitrogen and oxygen atoms in total. The van der Waals surface area contributed by atoms with Gasteiger partial charge in [0.15, 0.2) is 5.82 Å². The second kappa shape index (κ2) is 10.9. The molecule has 0 amide bonds. The number of anilines is 1. The third-order valence-electron chi connectivity index (χ3n) is 10.2. The van der Waals surface area contributed by atoms with Crippen LogP contribution in [0.1, 0.15) is 44.1 Å². The number of terminal acetylenes is 1. The number of hydrogen-bond acceptors (Lipinski definition) is 8. The monoisotopic (exact) mass is 630 g/mol. The lowest BCUT2D eigenvalue weighted by molar-refractivity contribution is 0.111. The Morgan fingerprint density at radius 1 is 1.11 bits per heavy atom. The molecule has 2 aromatic carbocycles. The predicted octanol–water partition coefficient (Wildman–Crippen LogP) is 5.48. The van der Waals surface area contributed by atoms with E-state index in [2.05, 4.69) is 25.7 Å². The normalized spacial score (nSPS) is 25.9. The van der Waals surface area contributed by atoms with Gasteiger partial charge in [0.2, 0.25) is 11.8 Å². The summed E-state index contributed by atoms with van der Waals surface area (Å²) < 4.78 is 59.0. The SMILES string of the molecule is C#Cc1c(F)ccc2cc(O)cc(-c3nc4c5c(cc(OC[C@@]67CCCN6C[C@H](F)C7)nc5c3F)N3CC[C@@H](O)CC[C@H]3CO4)c12. The highest BCUT2D eigenvalue weighted by atomic mass is 19.1. The van der Waals surface area contributed by atoms with E-state index in [1.54, 1.807) is 6.07 Å². The maximum Gasteiger partial charge on any atom is 0.225 e. The first-order valence-electron chi connectivity index (χ1n) is 15.8. The number of fused-ring (bicyclic) bond motifs is 4. The van der Waals surface area contributed by atoms with Gasteiger partial charge in [0.05, 0.1) is 34.3 Å². The molecule has 3 fully saturated rings. The van der Waals surface area contributed by atoms with Crippen LogP contribution in [0, 0.1) is 24.0 Å². The second-order valence-electron chi connectivity index (χ2n) is 13.0. The summed E-state index contributed by atoms with van der Waals surface area (Å²) in [5.41, 5.74) is -0.0727. The molecular weight excluding hydrogens is 597 g/mol. The molecule has 0 spiro atoms. The molecule has 4 atom stereocenters. The van der Waals surface area contributed by atoms with E-state index in [1.807, 2.05) is 0 Å². The first-order valence-corrected chi connectivity index (χ1v) is 15.8. The van der Waals surface area contributed by atoms with Crippen LogP contribution in [0.5, 0.6) is 17.5 Å². The summed E-state index contributed by atoms with van der Waals surface area (Å²) in [5.74, 6) is 1.03. The van der Waals surface area contributed by atoms with Crippen LogP contribution in [0.2, 0.25) is 0 Å². The maximum absolute atomic E-state index is 17.0. The third-order valence-corrected chi connectivity index (χ3v) is 10.2. The zero-order chi connectivity index (χ0) is 31.7. The zero-order valence-corrected chi connectivity index (χ0v) is 25.1. The number of aliphatic hydroxyl groups is 1. The molecule has 0 aliphatic carbocycles. The van der Waals surface area contributed by atoms with Gasteiger partial charge in [-0.05, 0) is 62.2 Å². The van der Waals surface area contributed by atoms with E-state index >= 15 is 4.39 Å². The average molecular weight is 631 g/mol. The van der Waals surface area contributed by atoms with Crippen LogP contribution in [0.3, 0.4) is 0 Å². The minimum atomic E-state index is -0.928. The van der Waals surface area contributed by atoms with E-state index in [1.165, 1.54) is 24.3 Å². The molecule has 2 N–H and O–H groups in total. The Morgan fingerprint density at radius 3 is 2.83 bits per heavy atom. The van der Waals surface area contributed by atoms with Crippen molar-refractivity contribution >= 4 is 27.4 Å². The largest absolute Gasteiger partial charge is 0.508 e. The van der Waals surface area contributed by atoms with Crippen molar-refractivity contribution < 1.29 is 32.9 Å². The second-order valence-corrected chi connectivity index (χ2v) is 13.0. The van der Waals surface area contributed by atoms with Crippen molar-refractivity contribution in [1.29, 1.82) is 0 Å². The van der Waals surface area contributed by atoms with Crippen LogP contribution in [0.25, 0.3) is 32.9 Å². The van der Waals surface area contributed by atoms with E-state index in [0.717, 1.165) is 19.4 Å². The predicted molar refractivity (Wildman–Crippen MR) is 167 cm³/mol. The number of rotatable bonds is 4. The highest BCUT2D eigenvalue weighted by Crippen LogP contribution is 2.46. The first-order chi connectivity index (χ1) is 22.2. The number of aromatic hydroxyl groups is 1. The summed E-state index contributed by atoms with van der Waals surface area (Å²) in [4.78, 5) is 13.5. The van der Waals surface area contributed by atoms with Crippen molar-refractivity contribution in [2.24, 2.45) is 0 Å². The van der Waals surface area contributed by atoms with Gasteiger partial charge in [-0.25, -0.2) is 23.1 Å². The number of ether oxygens (including phenoxy) is 2. The Balaban J connectivity index is 1.33. The summed E-state index contributed by atoms with van der Waals surface area (Å²) in [5, 5.41) is 22.1. The van der Waals surface area contributed by atoms with E-state index in [9.17, 15) is 19.0 Å². The van der Waals surface area contributed by atoms with E-state index in [4.69, 9.17) is 15.9 Å². The van der Waals surface area contributed by atoms with Crippen LogP contribution < -0.4 is 14.4 Å². The van der Waals surface area contributed by atoms with Crippen molar-refractivity contribution in [3.63, 3.8) is 0 Å². The summed E-state index contributed by atoms with van der Waals surface area (Å²) in [6.45, 7) is 2.12. The minimum Gasteiger partial charge on any atom is -0.508 e. The molecule has 2 aromatic heterocycles. The van der Waals surface area contributed by atoms with Crippen LogP contribution in [0.15, 0.2) is 30.3 Å². The average Bonchev–Trinajstić information content (AvgIpc) is 3.43. The standard InChI is InChI=1S/C35H33F3N4O4/c1-2-24-26(37)7-4-19-12-23(44)13-25(29(19)24)32-31(38)33-30-27(42-11-8-22(43)6-5-21(42)17-45-34(30)40-32)14-28(39-33)46-18-35-9-3-10-41(35)16-20(36)15-35/h1,4,7,12-14,20-22,43-44H,3,5-6,8-11,15-18H2/t20-,21+,22+,35+/m1/s1. The van der Waals surface area contributed by atoms with Crippen molar-refractivity contribution in [3.8, 4) is 41.1 Å². The fourth-order valence-electron chi connectivity index (χ4n) is 8.01. The van der Waals surface area contributed by atoms with Gasteiger partial charge >= 0.3 is 0 Å². The van der Waals surface area contributed by atoms with Gasteiger partial charge in [0.1, 0.15) is 42.2 Å². The number of benzene rings is 2. The molecule has 0 bridgehead atoms. The number of aliphatic hydroxyl groups excluding tert-OH is 1. The molecule has 0 saturated carbocycles. The summed E-state index contributed by atoms with van der Waals surface area (Å²) >= 11 is 0. The molecule has 4 aliphatic heterocycles. The number of alkyl halides is 1. The van der Waals surface area contributed by atoms with Crippen molar-refractivity contribution in [2.45, 2.75) is 62.4 Å². The third kappa shape index (κ3) is 4.61. The fraction of sp³-hybridized carbons (Fsp3) is 0.429. The molecule has 3 saturated heterocycles. The van der Waals surface area contributed by atoms with E-state index in [-0.39, 0.29) is 64.5 Å². The van der Waals surface area contributed by atoms with Crippen molar-refractivity contribution in [3.05, 3.63) is 47.5 Å². The Kier molecular flexibility index (Phi) is 6.92. The number of phenols is 1. The Hall–Kier alpha value is -4.27. The number of aromatic nitrogens is 2. The summed E-state index contributed by atoms with van der Waals surface area (Å²) in [6.07, 6.45) is 8.19. The van der Waals surface area contributed by atoms with Crippen LogP contribution in [0.4, 0.5) is 18.9 Å². The number of nitrogens with zero attached hydrogens (tertiary/aromatic N) is 4. The van der Waals surface area contributed by atoms with Gasteiger partial charge < -0.3 is 24.6 Å². The van der Waals surface area contributed by atoms with Gasteiger partial charge in [-0.2, -0.15) is 0 Å². The minimum absolute atomic E-state index is 0.0660. The van der Waals surface area contributed by atoms with Gasteiger partial charge in [-0.3, -0.25) is 4.90 Å². The van der Waals surface area contributed by atoms with Crippen LogP contribution >= 0.6 is 0 Å². The molecule has 6 heterocycles. The molecule has 46 heavy (non-hydrogen) atoms. The number of halogens is 3. The quantitative estimate of drug-likeness (QED) is 0.287. The first kappa shape index (κ1) is 29.2. The molecule has 238 valence electrons. The molecule has 4 aromatic rings. The Labute approximate surface area is 263 Å². The van der Waals surface area contributed by atoms with Gasteiger partial charge in [0, 0.05) is 36.5 Å². The fourth-order valence-corrected chi connectivity index (χ4v) is 8.01. The molecule has 0 unspecified atom stereocenters. The zero-order valence-electron chi connectivity index (χ0n) is 25.1. The molecule has 4 aliphatic rings. The number of phenolic OH excluding ortho intramolecular Hbond substituents is 1. The summed E-state index contributed by atoms with van der Waals surface area (Å²) in [6, 6.07) is 7.03. The highest BCUT2D eigenvalue weighted by Gasteiger charge is 2.49.